The number of halogens is 1. The topological polar surface area (TPSA) is 29.9 Å². The Morgan fingerprint density at radius 2 is 1.95 bits per heavy atom. The maximum Gasteiger partial charge on any atom is 0.0677 e. The Labute approximate surface area is 126 Å². The first-order chi connectivity index (χ1) is 9.71. The zero-order valence-electron chi connectivity index (χ0n) is 12.4. The van der Waals surface area contributed by atoms with Gasteiger partial charge in [-0.15, -0.1) is 0 Å². The van der Waals surface area contributed by atoms with Crippen molar-refractivity contribution in [2.45, 2.75) is 39.8 Å². The number of hydrogen-bond donors (Lipinski definition) is 1. The third-order valence-electron chi connectivity index (χ3n) is 3.55. The third-order valence-corrected chi connectivity index (χ3v) is 3.92. The Morgan fingerprint density at radius 3 is 2.55 bits per heavy atom. The predicted molar refractivity (Wildman–Crippen MR) is 84.3 cm³/mol. The van der Waals surface area contributed by atoms with Crippen LogP contribution in [-0.2, 0) is 25.9 Å². The molecule has 1 N–H and O–H groups in total. The molecule has 1 heterocycles. The predicted octanol–water partition coefficient (Wildman–Crippen LogP) is 3.43. The van der Waals surface area contributed by atoms with E-state index < -0.39 is 0 Å². The number of rotatable bonds is 6. The molecular formula is C16H22ClN3. The van der Waals surface area contributed by atoms with Crippen molar-refractivity contribution in [3.05, 3.63) is 51.8 Å². The first kappa shape index (κ1) is 15.1. The van der Waals surface area contributed by atoms with Gasteiger partial charge in [-0.25, -0.2) is 0 Å². The fourth-order valence-electron chi connectivity index (χ4n) is 2.57. The fraction of sp³-hybridized carbons (Fsp3) is 0.438. The molecule has 0 unspecified atom stereocenters. The highest BCUT2D eigenvalue weighted by molar-refractivity contribution is 6.31. The van der Waals surface area contributed by atoms with Crippen molar-refractivity contribution in [1.82, 2.24) is 15.1 Å². The number of aryl methyl sites for hydroxylation is 1. The molecule has 0 fully saturated rings. The first-order valence-corrected chi connectivity index (χ1v) is 7.54. The molecule has 0 bridgehead atoms. The van der Waals surface area contributed by atoms with Crippen molar-refractivity contribution in [2.75, 3.05) is 7.05 Å². The highest BCUT2D eigenvalue weighted by atomic mass is 35.5. The van der Waals surface area contributed by atoms with Gasteiger partial charge in [0.15, 0.2) is 0 Å². The summed E-state index contributed by atoms with van der Waals surface area (Å²) in [4.78, 5) is 0. The molecule has 20 heavy (non-hydrogen) atoms. The molecule has 0 radical (unpaired) electrons. The minimum atomic E-state index is 0.736. The summed E-state index contributed by atoms with van der Waals surface area (Å²) in [5.74, 6) is 0. The van der Waals surface area contributed by atoms with Crippen LogP contribution in [0.15, 0.2) is 24.3 Å². The molecular weight excluding hydrogens is 270 g/mol. The van der Waals surface area contributed by atoms with E-state index in [9.17, 15) is 0 Å². The van der Waals surface area contributed by atoms with E-state index in [-0.39, 0.29) is 0 Å². The largest absolute Gasteiger partial charge is 0.316 e. The molecule has 0 spiro atoms. The third kappa shape index (κ3) is 3.05. The van der Waals surface area contributed by atoms with E-state index in [0.717, 1.165) is 36.5 Å². The molecule has 3 nitrogen and oxygen atoms in total. The minimum Gasteiger partial charge on any atom is -0.316 e. The lowest BCUT2D eigenvalue weighted by molar-refractivity contribution is 0.638. The van der Waals surface area contributed by atoms with E-state index in [1.165, 1.54) is 17.0 Å². The van der Waals surface area contributed by atoms with Gasteiger partial charge in [-0.1, -0.05) is 43.6 Å². The van der Waals surface area contributed by atoms with Crippen LogP contribution in [0.2, 0.25) is 5.02 Å². The van der Waals surface area contributed by atoms with Gasteiger partial charge < -0.3 is 5.32 Å². The minimum absolute atomic E-state index is 0.736. The second kappa shape index (κ2) is 6.91. The van der Waals surface area contributed by atoms with Gasteiger partial charge in [0.1, 0.15) is 0 Å². The number of benzene rings is 1. The van der Waals surface area contributed by atoms with Crippen molar-refractivity contribution in [2.24, 2.45) is 0 Å². The van der Waals surface area contributed by atoms with Gasteiger partial charge >= 0.3 is 0 Å². The van der Waals surface area contributed by atoms with Crippen LogP contribution < -0.4 is 5.32 Å². The van der Waals surface area contributed by atoms with E-state index in [1.54, 1.807) is 0 Å². The maximum absolute atomic E-state index is 6.26. The monoisotopic (exact) mass is 291 g/mol. The number of hydrogen-bond acceptors (Lipinski definition) is 2. The molecule has 2 rings (SSSR count). The molecule has 2 aromatic rings. The van der Waals surface area contributed by atoms with Crippen molar-refractivity contribution in [1.29, 1.82) is 0 Å². The van der Waals surface area contributed by atoms with Gasteiger partial charge in [0, 0.05) is 22.8 Å². The fourth-order valence-corrected chi connectivity index (χ4v) is 2.76. The van der Waals surface area contributed by atoms with Crippen LogP contribution in [-0.4, -0.2) is 16.8 Å². The van der Waals surface area contributed by atoms with Gasteiger partial charge in [0.05, 0.1) is 12.2 Å². The average molecular weight is 292 g/mol. The van der Waals surface area contributed by atoms with Crippen LogP contribution in [0.4, 0.5) is 0 Å². The zero-order valence-corrected chi connectivity index (χ0v) is 13.2. The van der Waals surface area contributed by atoms with Crippen molar-refractivity contribution >= 4 is 11.6 Å². The summed E-state index contributed by atoms with van der Waals surface area (Å²) in [5, 5.41) is 8.82. The lowest BCUT2D eigenvalue weighted by Crippen LogP contribution is -2.10. The summed E-state index contributed by atoms with van der Waals surface area (Å²) in [7, 11) is 1.98. The van der Waals surface area contributed by atoms with Crippen LogP contribution in [0.25, 0.3) is 0 Å². The van der Waals surface area contributed by atoms with Crippen LogP contribution in [0.3, 0.4) is 0 Å². The Kier molecular flexibility index (Phi) is 5.21. The Hall–Kier alpha value is -1.32. The van der Waals surface area contributed by atoms with Crippen LogP contribution in [0.5, 0.6) is 0 Å². The quantitative estimate of drug-likeness (QED) is 0.884. The molecule has 0 amide bonds. The SMILES string of the molecule is CCc1nn(Cc2ccccc2Cl)c(CC)c1CNC. The summed E-state index contributed by atoms with van der Waals surface area (Å²) >= 11 is 6.26. The lowest BCUT2D eigenvalue weighted by Gasteiger charge is -2.09. The van der Waals surface area contributed by atoms with E-state index in [0.29, 0.717) is 0 Å². The standard InChI is InChI=1S/C16H22ClN3/c1-4-15-13(10-18-3)16(5-2)20(19-15)11-12-8-6-7-9-14(12)17/h6-9,18H,4-5,10-11H2,1-3H3. The smallest absolute Gasteiger partial charge is 0.0677 e. The van der Waals surface area contributed by atoms with Crippen molar-refractivity contribution < 1.29 is 0 Å². The lowest BCUT2D eigenvalue weighted by atomic mass is 10.1. The normalized spacial score (nSPS) is 11.0. The Balaban J connectivity index is 2.39. The maximum atomic E-state index is 6.26. The molecule has 0 aliphatic heterocycles. The molecule has 0 aliphatic rings. The summed E-state index contributed by atoms with van der Waals surface area (Å²) in [6.07, 6.45) is 1.94. The van der Waals surface area contributed by atoms with Gasteiger partial charge in [-0.3, -0.25) is 4.68 Å². The highest BCUT2D eigenvalue weighted by Gasteiger charge is 2.15. The second-order valence-electron chi connectivity index (χ2n) is 4.86. The van der Waals surface area contributed by atoms with Crippen molar-refractivity contribution in [3.8, 4) is 0 Å². The van der Waals surface area contributed by atoms with Crippen LogP contribution >= 0.6 is 11.6 Å². The van der Waals surface area contributed by atoms with Gasteiger partial charge in [-0.05, 0) is 31.5 Å². The van der Waals surface area contributed by atoms with E-state index >= 15 is 0 Å². The molecule has 1 aromatic carbocycles. The number of nitrogens with one attached hydrogen (secondary N) is 1. The van der Waals surface area contributed by atoms with Gasteiger partial charge in [-0.2, -0.15) is 5.10 Å². The number of aromatic nitrogens is 2. The van der Waals surface area contributed by atoms with Crippen molar-refractivity contribution in [3.63, 3.8) is 0 Å². The summed E-state index contributed by atoms with van der Waals surface area (Å²) in [6.45, 7) is 5.94. The summed E-state index contributed by atoms with van der Waals surface area (Å²) in [5.41, 5.74) is 4.94. The van der Waals surface area contributed by atoms with Crippen LogP contribution in [0.1, 0.15) is 36.4 Å². The molecule has 0 saturated heterocycles. The summed E-state index contributed by atoms with van der Waals surface area (Å²) < 4.78 is 2.10. The molecule has 108 valence electrons. The van der Waals surface area contributed by atoms with Gasteiger partial charge in [0.2, 0.25) is 0 Å². The molecule has 0 saturated carbocycles. The average Bonchev–Trinajstić information content (AvgIpc) is 2.79. The number of nitrogens with zero attached hydrogens (tertiary/aromatic N) is 2. The zero-order chi connectivity index (χ0) is 14.5. The molecule has 0 atom stereocenters. The Morgan fingerprint density at radius 1 is 1.20 bits per heavy atom. The first-order valence-electron chi connectivity index (χ1n) is 7.16. The highest BCUT2D eigenvalue weighted by Crippen LogP contribution is 2.21. The Bertz CT molecular complexity index is 575. The van der Waals surface area contributed by atoms with Crippen LogP contribution in [0, 0.1) is 0 Å². The summed E-state index contributed by atoms with van der Waals surface area (Å²) in [6, 6.07) is 7.97. The molecule has 1 aromatic heterocycles. The second-order valence-corrected chi connectivity index (χ2v) is 5.27. The van der Waals surface area contributed by atoms with E-state index in [1.807, 2.05) is 25.2 Å². The van der Waals surface area contributed by atoms with E-state index in [4.69, 9.17) is 16.7 Å². The molecule has 4 heteroatoms. The van der Waals surface area contributed by atoms with E-state index in [2.05, 4.69) is 29.9 Å². The molecule has 0 aliphatic carbocycles. The van der Waals surface area contributed by atoms with Gasteiger partial charge in [0.25, 0.3) is 0 Å².